The van der Waals surface area contributed by atoms with Crippen molar-refractivity contribution in [3.05, 3.63) is 0 Å². The van der Waals surface area contributed by atoms with Crippen molar-refractivity contribution in [1.29, 1.82) is 0 Å². The van der Waals surface area contributed by atoms with Crippen LogP contribution in [0.4, 0.5) is 0 Å². The molecule has 0 radical (unpaired) electrons. The zero-order valence-electron chi connectivity index (χ0n) is 11.4. The monoisotopic (exact) mass is 230 g/mol. The molecule has 0 bridgehead atoms. The third-order valence-electron chi connectivity index (χ3n) is 3.47. The first-order valence-corrected chi connectivity index (χ1v) is 6.19. The molecule has 3 unspecified atom stereocenters. The molecule has 0 spiro atoms. The molecule has 1 rings (SSSR count). The van der Waals surface area contributed by atoms with E-state index >= 15 is 0 Å². The van der Waals surface area contributed by atoms with E-state index in [4.69, 9.17) is 9.47 Å². The van der Waals surface area contributed by atoms with E-state index in [9.17, 15) is 5.11 Å². The third-order valence-corrected chi connectivity index (χ3v) is 3.47. The average molecular weight is 230 g/mol. The van der Waals surface area contributed by atoms with E-state index in [1.54, 1.807) is 0 Å². The maximum absolute atomic E-state index is 10.3. The van der Waals surface area contributed by atoms with Gasteiger partial charge in [0, 0.05) is 12.5 Å². The summed E-state index contributed by atoms with van der Waals surface area (Å²) in [6.45, 7) is 12.8. The standard InChI is InChI=1S/C13H26O3/c1-7-15-9(2)11(14)10-8-12(3,4)16-13(10,5)6/h9-11,14H,7-8H2,1-6H3. The van der Waals surface area contributed by atoms with Gasteiger partial charge in [-0.05, 0) is 48.0 Å². The molecule has 0 aromatic carbocycles. The molecular formula is C13H26O3. The SMILES string of the molecule is CCOC(C)C(O)C1CC(C)(C)OC1(C)C. The zero-order valence-corrected chi connectivity index (χ0v) is 11.4. The molecule has 16 heavy (non-hydrogen) atoms. The van der Waals surface area contributed by atoms with Gasteiger partial charge in [0.15, 0.2) is 0 Å². The van der Waals surface area contributed by atoms with Crippen molar-refractivity contribution in [1.82, 2.24) is 0 Å². The van der Waals surface area contributed by atoms with Crippen LogP contribution in [0, 0.1) is 5.92 Å². The molecule has 3 atom stereocenters. The summed E-state index contributed by atoms with van der Waals surface area (Å²) < 4.78 is 11.5. The summed E-state index contributed by atoms with van der Waals surface area (Å²) >= 11 is 0. The van der Waals surface area contributed by atoms with Crippen molar-refractivity contribution >= 4 is 0 Å². The van der Waals surface area contributed by atoms with E-state index in [-0.39, 0.29) is 23.2 Å². The fourth-order valence-electron chi connectivity index (χ4n) is 2.83. The van der Waals surface area contributed by atoms with Crippen LogP contribution in [0.3, 0.4) is 0 Å². The quantitative estimate of drug-likeness (QED) is 0.806. The van der Waals surface area contributed by atoms with Gasteiger partial charge in [-0.15, -0.1) is 0 Å². The van der Waals surface area contributed by atoms with Crippen molar-refractivity contribution in [3.63, 3.8) is 0 Å². The Bertz CT molecular complexity index is 235. The highest BCUT2D eigenvalue weighted by Crippen LogP contribution is 2.44. The lowest BCUT2D eigenvalue weighted by Gasteiger charge is -2.32. The first-order chi connectivity index (χ1) is 7.19. The van der Waals surface area contributed by atoms with Gasteiger partial charge >= 0.3 is 0 Å². The summed E-state index contributed by atoms with van der Waals surface area (Å²) in [6.07, 6.45) is 0.280. The number of aliphatic hydroxyl groups excluding tert-OH is 1. The Labute approximate surface area is 99.1 Å². The molecule has 1 fully saturated rings. The molecule has 0 amide bonds. The normalized spacial score (nSPS) is 31.3. The van der Waals surface area contributed by atoms with Crippen LogP contribution in [-0.4, -0.2) is 35.1 Å². The van der Waals surface area contributed by atoms with Crippen molar-refractivity contribution in [2.45, 2.75) is 71.4 Å². The highest BCUT2D eigenvalue weighted by molar-refractivity contribution is 4.98. The molecule has 1 N–H and O–H groups in total. The van der Waals surface area contributed by atoms with Crippen LogP contribution < -0.4 is 0 Å². The Hall–Kier alpha value is -0.120. The summed E-state index contributed by atoms with van der Waals surface area (Å²) in [5, 5.41) is 10.3. The lowest BCUT2D eigenvalue weighted by molar-refractivity contribution is -0.110. The first kappa shape index (κ1) is 13.9. The van der Waals surface area contributed by atoms with Gasteiger partial charge in [0.1, 0.15) is 0 Å². The summed E-state index contributed by atoms with van der Waals surface area (Å²) in [5.74, 6) is 0.129. The number of hydrogen-bond donors (Lipinski definition) is 1. The smallest absolute Gasteiger partial charge is 0.0855 e. The van der Waals surface area contributed by atoms with Crippen LogP contribution >= 0.6 is 0 Å². The molecule has 1 saturated heterocycles. The highest BCUT2D eigenvalue weighted by Gasteiger charge is 2.49. The molecule has 3 heteroatoms. The van der Waals surface area contributed by atoms with Crippen molar-refractivity contribution < 1.29 is 14.6 Å². The molecule has 0 saturated carbocycles. The third kappa shape index (κ3) is 2.96. The Kier molecular flexibility index (Phi) is 4.04. The molecule has 0 aromatic rings. The van der Waals surface area contributed by atoms with Crippen LogP contribution in [0.2, 0.25) is 0 Å². The van der Waals surface area contributed by atoms with Crippen LogP contribution in [0.1, 0.15) is 48.0 Å². The maximum atomic E-state index is 10.3. The first-order valence-electron chi connectivity index (χ1n) is 6.19. The van der Waals surface area contributed by atoms with E-state index < -0.39 is 6.10 Å². The van der Waals surface area contributed by atoms with Gasteiger partial charge < -0.3 is 14.6 Å². The Morgan fingerprint density at radius 3 is 2.31 bits per heavy atom. The molecule has 0 aliphatic carbocycles. The summed E-state index contributed by atoms with van der Waals surface area (Å²) in [7, 11) is 0. The van der Waals surface area contributed by atoms with E-state index in [0.717, 1.165) is 6.42 Å². The molecule has 1 heterocycles. The Balaban J connectivity index is 2.72. The summed E-state index contributed by atoms with van der Waals surface area (Å²) in [6, 6.07) is 0. The minimum absolute atomic E-state index is 0.129. The van der Waals surface area contributed by atoms with Gasteiger partial charge in [0.25, 0.3) is 0 Å². The second kappa shape index (κ2) is 4.63. The molecule has 1 aliphatic heterocycles. The van der Waals surface area contributed by atoms with Crippen molar-refractivity contribution in [2.75, 3.05) is 6.61 Å². The van der Waals surface area contributed by atoms with E-state index in [0.29, 0.717) is 6.61 Å². The number of aliphatic hydroxyl groups is 1. The van der Waals surface area contributed by atoms with Gasteiger partial charge in [0.2, 0.25) is 0 Å². The summed E-state index contributed by atoms with van der Waals surface area (Å²) in [4.78, 5) is 0. The van der Waals surface area contributed by atoms with Crippen LogP contribution in [-0.2, 0) is 9.47 Å². The van der Waals surface area contributed by atoms with Gasteiger partial charge in [-0.1, -0.05) is 0 Å². The predicted molar refractivity (Wildman–Crippen MR) is 64.4 cm³/mol. The zero-order chi connectivity index (χ0) is 12.6. The molecular weight excluding hydrogens is 204 g/mol. The van der Waals surface area contributed by atoms with Gasteiger partial charge in [-0.25, -0.2) is 0 Å². The number of ether oxygens (including phenoxy) is 2. The molecule has 96 valence electrons. The minimum Gasteiger partial charge on any atom is -0.390 e. The van der Waals surface area contributed by atoms with Crippen molar-refractivity contribution in [2.24, 2.45) is 5.92 Å². The van der Waals surface area contributed by atoms with Crippen LogP contribution in [0.15, 0.2) is 0 Å². The van der Waals surface area contributed by atoms with Crippen LogP contribution in [0.5, 0.6) is 0 Å². The second-order valence-corrected chi connectivity index (χ2v) is 5.93. The second-order valence-electron chi connectivity index (χ2n) is 5.93. The van der Waals surface area contributed by atoms with E-state index in [2.05, 4.69) is 13.8 Å². The molecule has 3 nitrogen and oxygen atoms in total. The van der Waals surface area contributed by atoms with Crippen LogP contribution in [0.25, 0.3) is 0 Å². The maximum Gasteiger partial charge on any atom is 0.0855 e. The Morgan fingerprint density at radius 1 is 1.38 bits per heavy atom. The average Bonchev–Trinajstić information content (AvgIpc) is 2.33. The number of hydrogen-bond acceptors (Lipinski definition) is 3. The fraction of sp³-hybridized carbons (Fsp3) is 1.00. The fourth-order valence-corrected chi connectivity index (χ4v) is 2.83. The topological polar surface area (TPSA) is 38.7 Å². The number of rotatable bonds is 4. The molecule has 1 aliphatic rings. The van der Waals surface area contributed by atoms with E-state index in [1.807, 2.05) is 27.7 Å². The minimum atomic E-state index is -0.461. The van der Waals surface area contributed by atoms with E-state index in [1.165, 1.54) is 0 Å². The van der Waals surface area contributed by atoms with Gasteiger partial charge in [-0.2, -0.15) is 0 Å². The van der Waals surface area contributed by atoms with Gasteiger partial charge in [0.05, 0.1) is 23.4 Å². The predicted octanol–water partition coefficient (Wildman–Crippen LogP) is 2.37. The largest absolute Gasteiger partial charge is 0.390 e. The lowest BCUT2D eigenvalue weighted by atomic mass is 9.81. The summed E-state index contributed by atoms with van der Waals surface area (Å²) in [5.41, 5.74) is -0.435. The Morgan fingerprint density at radius 2 is 1.94 bits per heavy atom. The van der Waals surface area contributed by atoms with Gasteiger partial charge in [-0.3, -0.25) is 0 Å². The highest BCUT2D eigenvalue weighted by atomic mass is 16.5. The lowest BCUT2D eigenvalue weighted by Crippen LogP contribution is -2.42. The van der Waals surface area contributed by atoms with Crippen molar-refractivity contribution in [3.8, 4) is 0 Å². The molecule has 0 aromatic heterocycles.